The lowest BCUT2D eigenvalue weighted by molar-refractivity contribution is 0.303. The van der Waals surface area contributed by atoms with Crippen LogP contribution in [-0.2, 0) is 0 Å². The molecule has 2 aromatic rings. The van der Waals surface area contributed by atoms with Crippen molar-refractivity contribution in [3.63, 3.8) is 0 Å². The van der Waals surface area contributed by atoms with Crippen LogP contribution in [0.3, 0.4) is 0 Å². The Hall–Kier alpha value is -3.12. The van der Waals surface area contributed by atoms with Crippen LogP contribution in [0.15, 0.2) is 77.6 Å². The first-order valence-electron chi connectivity index (χ1n) is 9.90. The Morgan fingerprint density at radius 2 is 2.07 bits per heavy atom. The van der Waals surface area contributed by atoms with Crippen molar-refractivity contribution in [3.05, 3.63) is 78.2 Å². The molecule has 3 aliphatic rings. The Labute approximate surface area is 164 Å². The summed E-state index contributed by atoms with van der Waals surface area (Å²) in [6.45, 7) is 6.31. The molecule has 2 aromatic heterocycles. The number of hydrogen-bond donors (Lipinski definition) is 1. The summed E-state index contributed by atoms with van der Waals surface area (Å²) in [5.74, 6) is 0.958. The molecule has 0 radical (unpaired) electrons. The predicted molar refractivity (Wildman–Crippen MR) is 112 cm³/mol. The summed E-state index contributed by atoms with van der Waals surface area (Å²) in [5, 5.41) is 3.42. The van der Waals surface area contributed by atoms with Gasteiger partial charge in [0, 0.05) is 62.2 Å². The molecule has 1 N–H and O–H groups in total. The Balaban J connectivity index is 1.50. The average molecular weight is 372 g/mol. The average Bonchev–Trinajstić information content (AvgIpc) is 3.22. The molecule has 6 heteroatoms. The van der Waals surface area contributed by atoms with Crippen LogP contribution in [0, 0.1) is 0 Å². The van der Waals surface area contributed by atoms with Crippen molar-refractivity contribution in [2.24, 2.45) is 4.99 Å². The van der Waals surface area contributed by atoms with E-state index in [1.54, 1.807) is 0 Å². The fourth-order valence-electron chi connectivity index (χ4n) is 3.84. The molecule has 0 saturated carbocycles. The number of pyridine rings is 1. The molecule has 5 rings (SSSR count). The van der Waals surface area contributed by atoms with E-state index in [-0.39, 0.29) is 0 Å². The largest absolute Gasteiger partial charge is 0.368 e. The second-order valence-corrected chi connectivity index (χ2v) is 7.14. The lowest BCUT2D eigenvalue weighted by atomic mass is 10.1. The van der Waals surface area contributed by atoms with E-state index in [4.69, 9.17) is 4.99 Å². The summed E-state index contributed by atoms with van der Waals surface area (Å²) in [6.07, 6.45) is 17.7. The van der Waals surface area contributed by atoms with Gasteiger partial charge in [0.05, 0.1) is 11.4 Å². The van der Waals surface area contributed by atoms with Gasteiger partial charge in [0.2, 0.25) is 0 Å². The molecule has 0 aliphatic carbocycles. The van der Waals surface area contributed by atoms with Gasteiger partial charge >= 0.3 is 0 Å². The summed E-state index contributed by atoms with van der Waals surface area (Å²) in [7, 11) is 0. The zero-order valence-electron chi connectivity index (χ0n) is 16.0. The third kappa shape index (κ3) is 3.05. The van der Waals surface area contributed by atoms with Gasteiger partial charge in [-0.15, -0.1) is 0 Å². The first kappa shape index (κ1) is 17.0. The van der Waals surface area contributed by atoms with Crippen LogP contribution in [0.2, 0.25) is 0 Å². The van der Waals surface area contributed by atoms with Gasteiger partial charge in [0.15, 0.2) is 0 Å². The van der Waals surface area contributed by atoms with Gasteiger partial charge in [0.25, 0.3) is 0 Å². The minimum atomic E-state index is 0.933. The van der Waals surface area contributed by atoms with Crippen LogP contribution < -0.4 is 5.32 Å². The van der Waals surface area contributed by atoms with Gasteiger partial charge in [-0.2, -0.15) is 0 Å². The number of aromatic nitrogens is 2. The quantitative estimate of drug-likeness (QED) is 0.900. The van der Waals surface area contributed by atoms with Crippen LogP contribution in [0.25, 0.3) is 11.3 Å². The molecule has 0 aromatic carbocycles. The standard InChI is InChI=1S/C22H24N6/c1-2-3-18-15-20(17-6-10-27-13-9-24-22(27)14-17)25-21-5-4-19(16-28(18)21)26-11-7-23-8-12-26/h3-6,9-10,13-16,23H,2,7-8,11-12H2,1H3/b18-3-. The Morgan fingerprint density at radius 1 is 1.18 bits per heavy atom. The molecule has 0 bridgehead atoms. The maximum absolute atomic E-state index is 4.94. The number of amidine groups is 1. The van der Waals surface area contributed by atoms with Gasteiger partial charge < -0.3 is 19.5 Å². The third-order valence-corrected chi connectivity index (χ3v) is 5.30. The van der Waals surface area contributed by atoms with Crippen LogP contribution >= 0.6 is 0 Å². The molecule has 6 nitrogen and oxygen atoms in total. The van der Waals surface area contributed by atoms with Crippen molar-refractivity contribution in [2.45, 2.75) is 13.3 Å². The summed E-state index contributed by atoms with van der Waals surface area (Å²) >= 11 is 0. The highest BCUT2D eigenvalue weighted by Gasteiger charge is 2.23. The van der Waals surface area contributed by atoms with Crippen LogP contribution in [0.5, 0.6) is 0 Å². The fraction of sp³-hybridized carbons (Fsp3) is 0.273. The van der Waals surface area contributed by atoms with E-state index < -0.39 is 0 Å². The summed E-state index contributed by atoms with van der Waals surface area (Å²) in [6, 6.07) is 4.18. The van der Waals surface area contributed by atoms with Crippen molar-refractivity contribution in [3.8, 4) is 0 Å². The molecule has 0 unspecified atom stereocenters. The molecule has 3 aliphatic heterocycles. The molecule has 1 saturated heterocycles. The number of nitrogens with zero attached hydrogens (tertiary/aromatic N) is 5. The van der Waals surface area contributed by atoms with Crippen molar-refractivity contribution in [1.82, 2.24) is 24.5 Å². The Kier molecular flexibility index (Phi) is 4.33. The number of fused-ring (bicyclic) bond motifs is 2. The predicted octanol–water partition coefficient (Wildman–Crippen LogP) is 3.00. The minimum absolute atomic E-state index is 0.933. The van der Waals surface area contributed by atoms with Crippen molar-refractivity contribution < 1.29 is 0 Å². The lowest BCUT2D eigenvalue weighted by Crippen LogP contribution is -2.43. The van der Waals surface area contributed by atoms with E-state index >= 15 is 0 Å². The zero-order valence-corrected chi connectivity index (χ0v) is 16.0. The SMILES string of the molecule is CC/C=C1/C=C(c2ccn3ccnc3c2)N=C2C=CC(N3CCNCC3)=CN21. The number of imidazole rings is 1. The van der Waals surface area contributed by atoms with Gasteiger partial charge in [-0.05, 0) is 36.8 Å². The second-order valence-electron chi connectivity index (χ2n) is 7.14. The molecule has 1 fully saturated rings. The van der Waals surface area contributed by atoms with E-state index in [0.717, 1.165) is 55.3 Å². The Morgan fingerprint density at radius 3 is 2.93 bits per heavy atom. The summed E-state index contributed by atoms with van der Waals surface area (Å²) < 4.78 is 2.01. The van der Waals surface area contributed by atoms with Gasteiger partial charge in [-0.3, -0.25) is 0 Å². The smallest absolute Gasteiger partial charge is 0.137 e. The number of nitrogens with one attached hydrogen (secondary N) is 1. The van der Waals surface area contributed by atoms with E-state index in [9.17, 15) is 0 Å². The number of hydrogen-bond acceptors (Lipinski definition) is 5. The number of allylic oxidation sites excluding steroid dienone is 3. The molecule has 0 amide bonds. The van der Waals surface area contributed by atoms with Gasteiger partial charge in [0.1, 0.15) is 11.5 Å². The number of aliphatic imine (C=N–C) groups is 1. The van der Waals surface area contributed by atoms with E-state index in [1.165, 1.54) is 11.4 Å². The molecule has 5 heterocycles. The third-order valence-electron chi connectivity index (χ3n) is 5.30. The van der Waals surface area contributed by atoms with E-state index in [1.807, 2.05) is 23.0 Å². The normalized spacial score (nSPS) is 20.9. The zero-order chi connectivity index (χ0) is 18.9. The van der Waals surface area contributed by atoms with Crippen LogP contribution in [0.4, 0.5) is 0 Å². The molecule has 0 atom stereocenters. The fourth-order valence-corrected chi connectivity index (χ4v) is 3.84. The first-order valence-corrected chi connectivity index (χ1v) is 9.90. The summed E-state index contributed by atoms with van der Waals surface area (Å²) in [4.78, 5) is 14.0. The maximum Gasteiger partial charge on any atom is 0.137 e. The Bertz CT molecular complexity index is 1050. The van der Waals surface area contributed by atoms with Crippen LogP contribution in [-0.4, -0.2) is 51.2 Å². The molecule has 28 heavy (non-hydrogen) atoms. The first-order chi connectivity index (χ1) is 13.8. The van der Waals surface area contributed by atoms with Gasteiger partial charge in [-0.25, -0.2) is 9.98 Å². The van der Waals surface area contributed by atoms with Crippen molar-refractivity contribution in [2.75, 3.05) is 26.2 Å². The maximum atomic E-state index is 4.94. The number of rotatable bonds is 3. The highest BCUT2D eigenvalue weighted by atomic mass is 15.3. The summed E-state index contributed by atoms with van der Waals surface area (Å²) in [5.41, 5.74) is 5.40. The number of piperazine rings is 1. The monoisotopic (exact) mass is 372 g/mol. The van der Waals surface area contributed by atoms with E-state index in [0.29, 0.717) is 0 Å². The molecular formula is C22H24N6. The highest BCUT2D eigenvalue weighted by Crippen LogP contribution is 2.30. The van der Waals surface area contributed by atoms with E-state index in [2.05, 4.69) is 69.7 Å². The van der Waals surface area contributed by atoms with Crippen LogP contribution in [0.1, 0.15) is 18.9 Å². The van der Waals surface area contributed by atoms with Gasteiger partial charge in [-0.1, -0.05) is 13.0 Å². The van der Waals surface area contributed by atoms with Crippen molar-refractivity contribution in [1.29, 1.82) is 0 Å². The van der Waals surface area contributed by atoms with Crippen molar-refractivity contribution >= 4 is 17.2 Å². The molecular weight excluding hydrogens is 348 g/mol. The lowest BCUT2D eigenvalue weighted by Gasteiger charge is -2.35. The minimum Gasteiger partial charge on any atom is -0.368 e. The second kappa shape index (κ2) is 7.13. The topological polar surface area (TPSA) is 48.2 Å². The highest BCUT2D eigenvalue weighted by molar-refractivity contribution is 6.02. The molecule has 0 spiro atoms. The molecule has 142 valence electrons.